The van der Waals surface area contributed by atoms with Gasteiger partial charge in [0, 0.05) is 30.5 Å². The molecule has 0 unspecified atom stereocenters. The van der Waals surface area contributed by atoms with E-state index in [9.17, 15) is 9.59 Å². The summed E-state index contributed by atoms with van der Waals surface area (Å²) in [6.45, 7) is 6.50. The summed E-state index contributed by atoms with van der Waals surface area (Å²) in [6.07, 6.45) is 3.23. The maximum atomic E-state index is 13.7. The lowest BCUT2D eigenvalue weighted by molar-refractivity contribution is -0.141. The average Bonchev–Trinajstić information content (AvgIpc) is 2.91. The number of benzene rings is 3. The highest BCUT2D eigenvalue weighted by Gasteiger charge is 2.30. The Hall–Kier alpha value is -3.11. The Morgan fingerprint density at radius 3 is 2.06 bits per heavy atom. The fourth-order valence-electron chi connectivity index (χ4n) is 4.12. The van der Waals surface area contributed by atoms with E-state index in [0.717, 1.165) is 29.5 Å². The van der Waals surface area contributed by atoms with Crippen molar-refractivity contribution in [2.45, 2.75) is 71.5 Å². The quantitative estimate of drug-likeness (QED) is 0.310. The molecule has 1 N–H and O–H groups in total. The minimum Gasteiger partial charge on any atom is -0.352 e. The Morgan fingerprint density at radius 1 is 0.833 bits per heavy atom. The zero-order valence-corrected chi connectivity index (χ0v) is 22.3. The zero-order chi connectivity index (χ0) is 25.9. The molecule has 0 bridgehead atoms. The topological polar surface area (TPSA) is 49.4 Å². The van der Waals surface area contributed by atoms with E-state index in [0.29, 0.717) is 30.8 Å². The van der Waals surface area contributed by atoms with Crippen LogP contribution in [-0.4, -0.2) is 28.8 Å². The summed E-state index contributed by atoms with van der Waals surface area (Å²) in [7, 11) is 0. The van der Waals surface area contributed by atoms with Gasteiger partial charge in [-0.05, 0) is 60.6 Å². The molecule has 0 aliphatic heterocycles. The molecule has 3 aromatic carbocycles. The maximum Gasteiger partial charge on any atom is 0.243 e. The molecule has 2 amide bonds. The van der Waals surface area contributed by atoms with Crippen molar-refractivity contribution in [3.8, 4) is 0 Å². The molecule has 36 heavy (non-hydrogen) atoms. The van der Waals surface area contributed by atoms with Crippen LogP contribution in [-0.2, 0) is 35.4 Å². The molecule has 2 atom stereocenters. The second kappa shape index (κ2) is 13.8. The van der Waals surface area contributed by atoms with Gasteiger partial charge >= 0.3 is 0 Å². The van der Waals surface area contributed by atoms with Gasteiger partial charge in [-0.1, -0.05) is 92.2 Å². The number of hydrogen-bond donors (Lipinski definition) is 1. The third-order valence-electron chi connectivity index (χ3n) is 6.60. The highest BCUT2D eigenvalue weighted by molar-refractivity contribution is 6.30. The highest BCUT2D eigenvalue weighted by Crippen LogP contribution is 2.19. The molecule has 0 aliphatic carbocycles. The van der Waals surface area contributed by atoms with E-state index in [1.807, 2.05) is 68.4 Å². The molecular weight excluding hydrogens is 468 g/mol. The van der Waals surface area contributed by atoms with Crippen molar-refractivity contribution >= 4 is 23.4 Å². The molecular formula is C31H37ClN2O2. The van der Waals surface area contributed by atoms with Crippen molar-refractivity contribution in [2.75, 3.05) is 0 Å². The number of hydrogen-bond acceptors (Lipinski definition) is 2. The lowest BCUT2D eigenvalue weighted by Gasteiger charge is -2.32. The van der Waals surface area contributed by atoms with Crippen LogP contribution in [0.1, 0.15) is 55.9 Å². The number of carbonyl (C=O) groups is 2. The first kappa shape index (κ1) is 27.5. The van der Waals surface area contributed by atoms with Gasteiger partial charge in [-0.15, -0.1) is 0 Å². The van der Waals surface area contributed by atoms with Gasteiger partial charge < -0.3 is 10.2 Å². The molecule has 0 aromatic heterocycles. The van der Waals surface area contributed by atoms with E-state index in [2.05, 4.69) is 36.5 Å². The first-order valence-corrected chi connectivity index (χ1v) is 13.2. The molecule has 0 fully saturated rings. The number of nitrogens with one attached hydrogen (secondary N) is 1. The number of rotatable bonds is 12. The van der Waals surface area contributed by atoms with E-state index in [4.69, 9.17) is 11.6 Å². The first-order valence-electron chi connectivity index (χ1n) is 12.9. The SMILES string of the molecule is CCc1ccc(CCC(=O)N(Cc2ccc(Cl)cc2)[C@H](Cc2ccccc2)C(=O)N[C@H](C)CC)cc1. The minimum atomic E-state index is -0.618. The van der Waals surface area contributed by atoms with E-state index in [1.54, 1.807) is 4.90 Å². The van der Waals surface area contributed by atoms with E-state index < -0.39 is 6.04 Å². The number of amides is 2. The summed E-state index contributed by atoms with van der Waals surface area (Å²) in [4.78, 5) is 29.0. The zero-order valence-electron chi connectivity index (χ0n) is 21.5. The van der Waals surface area contributed by atoms with Crippen LogP contribution < -0.4 is 5.32 Å². The Balaban J connectivity index is 1.88. The first-order chi connectivity index (χ1) is 17.4. The van der Waals surface area contributed by atoms with Gasteiger partial charge in [-0.3, -0.25) is 9.59 Å². The predicted molar refractivity (Wildman–Crippen MR) is 148 cm³/mol. The predicted octanol–water partition coefficient (Wildman–Crippen LogP) is 6.39. The van der Waals surface area contributed by atoms with Gasteiger partial charge in [0.15, 0.2) is 0 Å². The lowest BCUT2D eigenvalue weighted by atomic mass is 10.0. The monoisotopic (exact) mass is 504 g/mol. The van der Waals surface area contributed by atoms with Crippen LogP contribution in [0.3, 0.4) is 0 Å². The number of nitrogens with zero attached hydrogens (tertiary/aromatic N) is 1. The van der Waals surface area contributed by atoms with Crippen molar-refractivity contribution in [3.05, 3.63) is 106 Å². The third kappa shape index (κ3) is 8.23. The normalized spacial score (nSPS) is 12.6. The fourth-order valence-corrected chi connectivity index (χ4v) is 4.24. The number of carbonyl (C=O) groups excluding carboxylic acids is 2. The second-order valence-electron chi connectivity index (χ2n) is 9.34. The Kier molecular flexibility index (Phi) is 10.6. The van der Waals surface area contributed by atoms with Crippen molar-refractivity contribution in [3.63, 3.8) is 0 Å². The van der Waals surface area contributed by atoms with Crippen LogP contribution in [0.2, 0.25) is 5.02 Å². The number of halogens is 1. The van der Waals surface area contributed by atoms with Crippen molar-refractivity contribution < 1.29 is 9.59 Å². The summed E-state index contributed by atoms with van der Waals surface area (Å²) < 4.78 is 0. The van der Waals surface area contributed by atoms with Crippen LogP contribution in [0.4, 0.5) is 0 Å². The van der Waals surface area contributed by atoms with Crippen LogP contribution in [0.5, 0.6) is 0 Å². The van der Waals surface area contributed by atoms with Crippen LogP contribution in [0, 0.1) is 0 Å². The molecule has 3 rings (SSSR count). The molecule has 0 heterocycles. The summed E-state index contributed by atoms with van der Waals surface area (Å²) in [5.74, 6) is -0.160. The highest BCUT2D eigenvalue weighted by atomic mass is 35.5. The molecule has 0 saturated carbocycles. The summed E-state index contributed by atoms with van der Waals surface area (Å²) in [5, 5.41) is 3.75. The molecule has 0 radical (unpaired) electrons. The van der Waals surface area contributed by atoms with Crippen LogP contribution in [0.25, 0.3) is 0 Å². The van der Waals surface area contributed by atoms with Crippen molar-refractivity contribution in [1.29, 1.82) is 0 Å². The Morgan fingerprint density at radius 2 is 1.44 bits per heavy atom. The van der Waals surface area contributed by atoms with Gasteiger partial charge in [0.2, 0.25) is 11.8 Å². The van der Waals surface area contributed by atoms with Gasteiger partial charge in [0.25, 0.3) is 0 Å². The van der Waals surface area contributed by atoms with Gasteiger partial charge in [0.1, 0.15) is 6.04 Å². The molecule has 4 nitrogen and oxygen atoms in total. The Labute approximate surface area is 220 Å². The van der Waals surface area contributed by atoms with Gasteiger partial charge in [0.05, 0.1) is 0 Å². The summed E-state index contributed by atoms with van der Waals surface area (Å²) in [6, 6.07) is 25.2. The van der Waals surface area contributed by atoms with E-state index in [-0.39, 0.29) is 17.9 Å². The molecule has 0 spiro atoms. The molecule has 5 heteroatoms. The molecule has 0 saturated heterocycles. The van der Waals surface area contributed by atoms with Crippen LogP contribution in [0.15, 0.2) is 78.9 Å². The Bertz CT molecular complexity index is 1100. The number of aryl methyl sites for hydroxylation is 2. The fraction of sp³-hybridized carbons (Fsp3) is 0.355. The molecule has 190 valence electrons. The van der Waals surface area contributed by atoms with Gasteiger partial charge in [-0.2, -0.15) is 0 Å². The van der Waals surface area contributed by atoms with Crippen molar-refractivity contribution in [1.82, 2.24) is 10.2 Å². The minimum absolute atomic E-state index is 0.0281. The van der Waals surface area contributed by atoms with Crippen molar-refractivity contribution in [2.24, 2.45) is 0 Å². The summed E-state index contributed by atoms with van der Waals surface area (Å²) >= 11 is 6.10. The van der Waals surface area contributed by atoms with Crippen LogP contribution >= 0.6 is 11.6 Å². The van der Waals surface area contributed by atoms with Gasteiger partial charge in [-0.25, -0.2) is 0 Å². The molecule has 3 aromatic rings. The third-order valence-corrected chi connectivity index (χ3v) is 6.85. The molecule has 0 aliphatic rings. The smallest absolute Gasteiger partial charge is 0.243 e. The average molecular weight is 505 g/mol. The summed E-state index contributed by atoms with van der Waals surface area (Å²) in [5.41, 5.74) is 4.36. The lowest BCUT2D eigenvalue weighted by Crippen LogP contribution is -2.52. The largest absolute Gasteiger partial charge is 0.352 e. The van der Waals surface area contributed by atoms with E-state index in [1.165, 1.54) is 5.56 Å². The standard InChI is InChI=1S/C31H37ClN2O2/c1-4-23(3)33-31(36)29(21-26-9-7-6-8-10-26)34(22-27-15-18-28(32)19-16-27)30(35)20-17-25-13-11-24(5-2)12-14-25/h6-16,18-19,23,29H,4-5,17,20-22H2,1-3H3,(H,33,36)/t23-,29-/m1/s1. The maximum absolute atomic E-state index is 13.7. The second-order valence-corrected chi connectivity index (χ2v) is 9.78. The van der Waals surface area contributed by atoms with E-state index >= 15 is 0 Å².